The summed E-state index contributed by atoms with van der Waals surface area (Å²) in [4.78, 5) is 22.4. The van der Waals surface area contributed by atoms with Crippen LogP contribution in [0.1, 0.15) is 20.7 Å². The van der Waals surface area contributed by atoms with E-state index in [1.165, 1.54) is 26.4 Å². The first-order valence-corrected chi connectivity index (χ1v) is 4.75. The van der Waals surface area contributed by atoms with Crippen molar-refractivity contribution >= 4 is 11.9 Å². The molecule has 0 aliphatic carbocycles. The average Bonchev–Trinajstić information content (AvgIpc) is 2.37. The van der Waals surface area contributed by atoms with Gasteiger partial charge in [-0.3, -0.25) is 11.3 Å². The third-order valence-corrected chi connectivity index (χ3v) is 1.74. The molecule has 0 aliphatic heterocycles. The lowest BCUT2D eigenvalue weighted by atomic mass is 10.1. The van der Waals surface area contributed by atoms with Gasteiger partial charge in [0.1, 0.15) is 0 Å². The molecule has 0 saturated carbocycles. The third-order valence-electron chi connectivity index (χ3n) is 1.74. The maximum atomic E-state index is 11.2. The number of carbonyl (C=O) groups excluding carboxylic acids is 2. The summed E-state index contributed by atoms with van der Waals surface area (Å²) in [6, 6.07) is 6.33. The van der Waals surface area contributed by atoms with Crippen LogP contribution in [-0.4, -0.2) is 33.2 Å². The molecule has 1 aromatic rings. The molecular weight excluding hydrogens is 224 g/mol. The van der Waals surface area contributed by atoms with Crippen molar-refractivity contribution < 1.29 is 19.1 Å². The smallest absolute Gasteiger partial charge is 0.338 e. The summed E-state index contributed by atoms with van der Waals surface area (Å²) in [5.41, 5.74) is 2.67. The molecule has 0 heterocycles. The van der Waals surface area contributed by atoms with E-state index >= 15 is 0 Å². The molecule has 0 aromatic heterocycles. The molecule has 6 nitrogen and oxygen atoms in total. The summed E-state index contributed by atoms with van der Waals surface area (Å²) in [7, 11) is 4.17. The molecule has 0 atom stereocenters. The number of nitrogens with one attached hydrogen (secondary N) is 1. The molecular formula is C11H16N2O4. The average molecular weight is 240 g/mol. The predicted octanol–water partition coefficient (Wildman–Crippen LogP) is 0.339. The lowest BCUT2D eigenvalue weighted by molar-refractivity contribution is 0.0555. The van der Waals surface area contributed by atoms with Gasteiger partial charge < -0.3 is 9.47 Å². The van der Waals surface area contributed by atoms with E-state index in [-0.39, 0.29) is 11.1 Å². The van der Waals surface area contributed by atoms with E-state index in [1.54, 1.807) is 19.2 Å². The number of nitrogens with two attached hydrogens (primary N) is 1. The quantitative estimate of drug-likeness (QED) is 0.440. The Bertz CT molecular complexity index is 344. The Morgan fingerprint density at radius 1 is 1.06 bits per heavy atom. The second-order valence-electron chi connectivity index (χ2n) is 2.82. The Hall–Kier alpha value is -1.92. The largest absolute Gasteiger partial charge is 0.465 e. The Morgan fingerprint density at radius 2 is 1.35 bits per heavy atom. The van der Waals surface area contributed by atoms with E-state index in [0.717, 1.165) is 0 Å². The Kier molecular flexibility index (Phi) is 7.32. The minimum Gasteiger partial charge on any atom is -0.465 e. The zero-order chi connectivity index (χ0) is 13.3. The SMILES string of the molecule is CNN.COC(=O)c1ccccc1C(=O)OC. The molecule has 0 fully saturated rings. The van der Waals surface area contributed by atoms with Gasteiger partial charge in [0.05, 0.1) is 25.3 Å². The molecule has 0 spiro atoms. The van der Waals surface area contributed by atoms with Gasteiger partial charge in [-0.2, -0.15) is 0 Å². The number of methoxy groups -OCH3 is 2. The summed E-state index contributed by atoms with van der Waals surface area (Å²) < 4.78 is 9.05. The maximum Gasteiger partial charge on any atom is 0.338 e. The molecule has 0 bridgehead atoms. The van der Waals surface area contributed by atoms with Gasteiger partial charge in [0.15, 0.2) is 0 Å². The lowest BCUT2D eigenvalue weighted by Crippen LogP contribution is -2.13. The van der Waals surface area contributed by atoms with Crippen molar-refractivity contribution in [2.75, 3.05) is 21.3 Å². The second kappa shape index (κ2) is 8.26. The molecule has 1 aromatic carbocycles. The molecule has 0 saturated heterocycles. The van der Waals surface area contributed by atoms with E-state index in [9.17, 15) is 9.59 Å². The van der Waals surface area contributed by atoms with Crippen LogP contribution in [0.15, 0.2) is 24.3 Å². The van der Waals surface area contributed by atoms with Gasteiger partial charge in [-0.05, 0) is 19.2 Å². The summed E-state index contributed by atoms with van der Waals surface area (Å²) >= 11 is 0. The van der Waals surface area contributed by atoms with Crippen LogP contribution in [0.3, 0.4) is 0 Å². The highest BCUT2D eigenvalue weighted by atomic mass is 16.5. The van der Waals surface area contributed by atoms with Crippen LogP contribution in [-0.2, 0) is 9.47 Å². The number of esters is 2. The number of carbonyl (C=O) groups is 2. The van der Waals surface area contributed by atoms with E-state index in [4.69, 9.17) is 0 Å². The lowest BCUT2D eigenvalue weighted by Gasteiger charge is -2.04. The molecule has 3 N–H and O–H groups in total. The molecule has 6 heteroatoms. The number of benzene rings is 1. The second-order valence-corrected chi connectivity index (χ2v) is 2.82. The fraction of sp³-hybridized carbons (Fsp3) is 0.273. The number of rotatable bonds is 2. The monoisotopic (exact) mass is 240 g/mol. The number of ether oxygens (including phenoxy) is 2. The first-order chi connectivity index (χ1) is 8.12. The van der Waals surface area contributed by atoms with Gasteiger partial charge in [0.25, 0.3) is 0 Å². The molecule has 94 valence electrons. The molecule has 0 aliphatic rings. The molecule has 0 radical (unpaired) electrons. The van der Waals surface area contributed by atoms with E-state index in [1.807, 2.05) is 0 Å². The van der Waals surface area contributed by atoms with Crippen molar-refractivity contribution in [3.63, 3.8) is 0 Å². The molecule has 0 unspecified atom stereocenters. The first-order valence-electron chi connectivity index (χ1n) is 4.75. The van der Waals surface area contributed by atoms with Crippen LogP contribution >= 0.6 is 0 Å². The summed E-state index contributed by atoms with van der Waals surface area (Å²) in [6.45, 7) is 0. The van der Waals surface area contributed by atoms with E-state index < -0.39 is 11.9 Å². The zero-order valence-electron chi connectivity index (χ0n) is 10.0. The van der Waals surface area contributed by atoms with Crippen molar-refractivity contribution in [3.05, 3.63) is 35.4 Å². The maximum absolute atomic E-state index is 11.2. The first kappa shape index (κ1) is 15.1. The topological polar surface area (TPSA) is 90.6 Å². The zero-order valence-corrected chi connectivity index (χ0v) is 10.0. The van der Waals surface area contributed by atoms with Crippen molar-refractivity contribution in [2.24, 2.45) is 5.84 Å². The van der Waals surface area contributed by atoms with Crippen LogP contribution in [0.4, 0.5) is 0 Å². The Morgan fingerprint density at radius 3 is 1.59 bits per heavy atom. The van der Waals surface area contributed by atoms with Crippen molar-refractivity contribution in [2.45, 2.75) is 0 Å². The van der Waals surface area contributed by atoms with Crippen LogP contribution in [0.2, 0.25) is 0 Å². The fourth-order valence-electron chi connectivity index (χ4n) is 1.06. The highest BCUT2D eigenvalue weighted by Crippen LogP contribution is 2.10. The van der Waals surface area contributed by atoms with E-state index in [2.05, 4.69) is 20.7 Å². The number of hydrazine groups is 1. The van der Waals surface area contributed by atoms with Gasteiger partial charge >= 0.3 is 11.9 Å². The summed E-state index contributed by atoms with van der Waals surface area (Å²) in [6.07, 6.45) is 0. The summed E-state index contributed by atoms with van der Waals surface area (Å²) in [5.74, 6) is 3.50. The highest BCUT2D eigenvalue weighted by molar-refractivity contribution is 6.02. The Balaban J connectivity index is 0.000000770. The van der Waals surface area contributed by atoms with Crippen LogP contribution in [0.25, 0.3) is 0 Å². The van der Waals surface area contributed by atoms with Gasteiger partial charge in [0.2, 0.25) is 0 Å². The number of hydrogen-bond acceptors (Lipinski definition) is 6. The number of hydrogen-bond donors (Lipinski definition) is 2. The minimum atomic E-state index is -0.550. The molecule has 0 amide bonds. The highest BCUT2D eigenvalue weighted by Gasteiger charge is 2.16. The fourth-order valence-corrected chi connectivity index (χ4v) is 1.06. The normalized spacial score (nSPS) is 8.71. The van der Waals surface area contributed by atoms with Gasteiger partial charge in [0, 0.05) is 0 Å². The van der Waals surface area contributed by atoms with Crippen LogP contribution in [0.5, 0.6) is 0 Å². The van der Waals surface area contributed by atoms with Gasteiger partial charge in [-0.25, -0.2) is 9.59 Å². The molecule has 17 heavy (non-hydrogen) atoms. The van der Waals surface area contributed by atoms with Crippen molar-refractivity contribution in [3.8, 4) is 0 Å². The van der Waals surface area contributed by atoms with E-state index in [0.29, 0.717) is 0 Å². The van der Waals surface area contributed by atoms with Crippen LogP contribution < -0.4 is 11.3 Å². The third kappa shape index (κ3) is 4.62. The minimum absolute atomic E-state index is 0.210. The van der Waals surface area contributed by atoms with Crippen molar-refractivity contribution in [1.82, 2.24) is 5.43 Å². The standard InChI is InChI=1S/C10H10O4.CH6N2/c1-13-9(11)7-5-3-4-6-8(7)10(12)14-2;1-3-2/h3-6H,1-2H3;3H,2H2,1H3. The van der Waals surface area contributed by atoms with Crippen LogP contribution in [0, 0.1) is 0 Å². The summed E-state index contributed by atoms with van der Waals surface area (Å²) in [5, 5.41) is 0. The van der Waals surface area contributed by atoms with Gasteiger partial charge in [-0.15, -0.1) is 0 Å². The molecule has 1 rings (SSSR count). The van der Waals surface area contributed by atoms with Gasteiger partial charge in [-0.1, -0.05) is 12.1 Å². The Labute approximate surface area is 99.7 Å². The van der Waals surface area contributed by atoms with Crippen molar-refractivity contribution in [1.29, 1.82) is 0 Å². The predicted molar refractivity (Wildman–Crippen MR) is 62.4 cm³/mol.